The minimum atomic E-state index is -4.05. The molecule has 0 aliphatic heterocycles. The highest BCUT2D eigenvalue weighted by atomic mass is 19.1. The number of fused-ring (bicyclic) bond motifs is 1. The van der Waals surface area contributed by atoms with Crippen LogP contribution in [0, 0.1) is 17.0 Å². The van der Waals surface area contributed by atoms with Crippen molar-refractivity contribution in [2.45, 2.75) is 35.3 Å². The molecule has 15 nitrogen and oxygen atoms in total. The molecule has 0 radical (unpaired) electrons. The number of allylic oxidation sites excluding steroid dienone is 1. The number of carbonyl (C=O) groups is 1. The molecular formula is C27H26BF2N7O8. The summed E-state index contributed by atoms with van der Waals surface area (Å²) in [7, 11) is 0.699. The molecule has 0 spiro atoms. The molecule has 1 saturated carbocycles. The Kier molecular flexibility index (Phi) is 7.78. The lowest BCUT2D eigenvalue weighted by Crippen LogP contribution is -2.67. The van der Waals surface area contributed by atoms with Gasteiger partial charge in [-0.05, 0) is 53.6 Å². The van der Waals surface area contributed by atoms with Crippen molar-refractivity contribution in [3.8, 4) is 0 Å². The standard InChI is InChI=1S/C27H26BF2N7O8/c28-24(39)20(25(40,41)27(44,45)26(24,42)43)22-36-18-19(34-11-35-21(18)37-22)23(38)33-9-12-5-13(7-16(30)6-12)14(8-31)10-32-17-3-1-15(29)2-4-17/h1-8,10-11,20,31-32,39-45H,9,28H2,(H,33,38)(H,34,35,36,37)/b14-10+,31-8?. The maximum Gasteiger partial charge on any atom is 0.277 e. The van der Waals surface area contributed by atoms with Crippen LogP contribution in [-0.2, 0) is 6.54 Å². The van der Waals surface area contributed by atoms with Crippen LogP contribution in [0.15, 0.2) is 55.0 Å². The van der Waals surface area contributed by atoms with Gasteiger partial charge in [-0.15, -0.1) is 0 Å². The van der Waals surface area contributed by atoms with Crippen LogP contribution in [0.1, 0.15) is 33.4 Å². The van der Waals surface area contributed by atoms with Gasteiger partial charge in [0.25, 0.3) is 11.7 Å². The zero-order valence-corrected chi connectivity index (χ0v) is 23.2. The van der Waals surface area contributed by atoms with Gasteiger partial charge < -0.3 is 56.8 Å². The average Bonchev–Trinajstić information content (AvgIpc) is 3.42. The minimum Gasteiger partial charge on any atom is -0.392 e. The van der Waals surface area contributed by atoms with Crippen LogP contribution in [0.4, 0.5) is 14.5 Å². The van der Waals surface area contributed by atoms with E-state index < -0.39 is 52.1 Å². The molecule has 2 unspecified atom stereocenters. The summed E-state index contributed by atoms with van der Waals surface area (Å²) in [5.41, 5.74) is -2.42. The van der Waals surface area contributed by atoms with E-state index in [1.54, 1.807) is 0 Å². The van der Waals surface area contributed by atoms with Crippen molar-refractivity contribution in [1.29, 1.82) is 5.41 Å². The summed E-state index contributed by atoms with van der Waals surface area (Å²) < 4.78 is 27.7. The summed E-state index contributed by atoms with van der Waals surface area (Å²) in [5.74, 6) is -16.5. The van der Waals surface area contributed by atoms with Crippen LogP contribution in [-0.4, -0.2) is 98.5 Å². The van der Waals surface area contributed by atoms with Gasteiger partial charge in [-0.2, -0.15) is 0 Å². The molecule has 5 rings (SSSR count). The summed E-state index contributed by atoms with van der Waals surface area (Å²) in [4.78, 5) is 27.4. The quantitative estimate of drug-likeness (QED) is 0.0585. The SMILES string of the molecule is BC1(O)C(c2nc3ncnc(C(=O)NCc4cc(F)cc(/C(C=N)=C/Nc5ccc(F)cc5)c4)c3[nH]2)C(O)(O)C(O)(O)C1(O)O. The number of amides is 1. The van der Waals surface area contributed by atoms with E-state index in [4.69, 9.17) is 5.41 Å². The summed E-state index contributed by atoms with van der Waals surface area (Å²) in [6.07, 6.45) is 3.35. The monoisotopic (exact) mass is 625 g/mol. The number of nitrogens with one attached hydrogen (secondary N) is 4. The number of rotatable bonds is 8. The molecule has 11 N–H and O–H groups in total. The maximum atomic E-state index is 14.5. The zero-order chi connectivity index (χ0) is 32.9. The second kappa shape index (κ2) is 11.0. The normalized spacial score (nSPS) is 21.9. The van der Waals surface area contributed by atoms with Gasteiger partial charge in [-0.25, -0.2) is 23.7 Å². The lowest BCUT2D eigenvalue weighted by atomic mass is 9.69. The molecule has 1 aliphatic rings. The second-order valence-corrected chi connectivity index (χ2v) is 10.6. The Bertz CT molecular complexity index is 1800. The molecule has 1 amide bonds. The molecule has 2 atom stereocenters. The topological polar surface area (TPSA) is 261 Å². The third kappa shape index (κ3) is 5.23. The zero-order valence-electron chi connectivity index (χ0n) is 23.2. The highest BCUT2D eigenvalue weighted by Crippen LogP contribution is 2.55. The summed E-state index contributed by atoms with van der Waals surface area (Å²) in [5, 5.41) is 85.4. The van der Waals surface area contributed by atoms with E-state index in [0.717, 1.165) is 18.6 Å². The first-order chi connectivity index (χ1) is 21.0. The number of benzene rings is 2. The molecule has 4 aromatic rings. The number of imidazole rings is 1. The lowest BCUT2D eigenvalue weighted by molar-refractivity contribution is -0.431. The number of halogens is 2. The van der Waals surface area contributed by atoms with Crippen LogP contribution >= 0.6 is 0 Å². The Morgan fingerprint density at radius 3 is 2.31 bits per heavy atom. The van der Waals surface area contributed by atoms with Gasteiger partial charge in [0.05, 0.1) is 0 Å². The van der Waals surface area contributed by atoms with Gasteiger partial charge >= 0.3 is 0 Å². The van der Waals surface area contributed by atoms with Gasteiger partial charge in [0.1, 0.15) is 40.7 Å². The summed E-state index contributed by atoms with van der Waals surface area (Å²) in [6.45, 7) is -0.227. The molecule has 0 saturated heterocycles. The van der Waals surface area contributed by atoms with Crippen molar-refractivity contribution in [2.75, 3.05) is 5.32 Å². The van der Waals surface area contributed by atoms with Gasteiger partial charge in [0.2, 0.25) is 11.6 Å². The minimum absolute atomic E-state index is 0.202. The van der Waals surface area contributed by atoms with Gasteiger partial charge in [0.15, 0.2) is 19.2 Å². The van der Waals surface area contributed by atoms with Crippen LogP contribution in [0.3, 0.4) is 0 Å². The largest absolute Gasteiger partial charge is 0.392 e. The first-order valence-corrected chi connectivity index (χ1v) is 13.1. The van der Waals surface area contributed by atoms with Crippen LogP contribution in [0.2, 0.25) is 0 Å². The number of nitrogens with zero attached hydrogens (tertiary/aromatic N) is 3. The summed E-state index contributed by atoms with van der Waals surface area (Å²) >= 11 is 0. The Morgan fingerprint density at radius 2 is 1.69 bits per heavy atom. The van der Waals surface area contributed by atoms with Crippen LogP contribution < -0.4 is 10.6 Å². The van der Waals surface area contributed by atoms with E-state index in [2.05, 4.69) is 30.6 Å². The van der Waals surface area contributed by atoms with E-state index in [0.29, 0.717) is 24.7 Å². The fourth-order valence-corrected chi connectivity index (χ4v) is 5.12. The van der Waals surface area contributed by atoms with Gasteiger partial charge in [0, 0.05) is 30.2 Å². The molecule has 2 aromatic carbocycles. The van der Waals surface area contributed by atoms with Gasteiger partial charge in [-0.1, -0.05) is 0 Å². The Hall–Kier alpha value is -4.69. The van der Waals surface area contributed by atoms with Crippen molar-refractivity contribution in [2.24, 2.45) is 0 Å². The number of aromatic nitrogens is 4. The molecule has 1 fully saturated rings. The number of aliphatic hydroxyl groups is 7. The molecule has 45 heavy (non-hydrogen) atoms. The van der Waals surface area contributed by atoms with Crippen LogP contribution in [0.25, 0.3) is 16.7 Å². The van der Waals surface area contributed by atoms with Crippen molar-refractivity contribution in [3.63, 3.8) is 0 Å². The van der Waals surface area contributed by atoms with Crippen molar-refractivity contribution >= 4 is 42.4 Å². The number of H-pyrrole nitrogens is 1. The van der Waals surface area contributed by atoms with E-state index in [9.17, 15) is 49.3 Å². The molecule has 2 aromatic heterocycles. The molecule has 2 heterocycles. The Labute approximate surface area is 252 Å². The highest BCUT2D eigenvalue weighted by molar-refractivity contribution is 6.16. The number of anilines is 1. The highest BCUT2D eigenvalue weighted by Gasteiger charge is 2.82. The fraction of sp³-hybridized carbons (Fsp3) is 0.222. The molecule has 18 heteroatoms. The first-order valence-electron chi connectivity index (χ1n) is 13.1. The average molecular weight is 625 g/mol. The van der Waals surface area contributed by atoms with Crippen molar-refractivity contribution < 1.29 is 49.3 Å². The summed E-state index contributed by atoms with van der Waals surface area (Å²) in [6, 6.07) is 9.29. The molecule has 234 valence electrons. The van der Waals surface area contributed by atoms with E-state index in [-0.39, 0.29) is 29.0 Å². The number of hydrogen-bond acceptors (Lipinski definition) is 13. The predicted octanol–water partition coefficient (Wildman–Crippen LogP) is -1.87. The third-order valence-corrected chi connectivity index (χ3v) is 7.60. The van der Waals surface area contributed by atoms with Crippen molar-refractivity contribution in [3.05, 3.63) is 89.3 Å². The molecule has 1 aliphatic carbocycles. The smallest absolute Gasteiger partial charge is 0.277 e. The van der Waals surface area contributed by atoms with Crippen molar-refractivity contribution in [1.82, 2.24) is 25.3 Å². The molecular weight excluding hydrogens is 599 g/mol. The Morgan fingerprint density at radius 1 is 1.00 bits per heavy atom. The second-order valence-electron chi connectivity index (χ2n) is 10.6. The first kappa shape index (κ1) is 31.7. The fourth-order valence-electron chi connectivity index (χ4n) is 5.12. The van der Waals surface area contributed by atoms with Gasteiger partial charge in [-0.3, -0.25) is 4.79 Å². The predicted molar refractivity (Wildman–Crippen MR) is 154 cm³/mol. The number of aromatic amines is 1. The van der Waals surface area contributed by atoms with E-state index >= 15 is 0 Å². The van der Waals surface area contributed by atoms with E-state index in [1.165, 1.54) is 42.6 Å². The maximum absolute atomic E-state index is 14.5. The third-order valence-electron chi connectivity index (χ3n) is 7.60. The molecule has 0 bridgehead atoms. The van der Waals surface area contributed by atoms with Crippen LogP contribution in [0.5, 0.6) is 0 Å². The van der Waals surface area contributed by atoms with E-state index in [1.807, 2.05) is 0 Å². The number of carbonyl (C=O) groups excluding carboxylic acids is 1. The number of hydrogen-bond donors (Lipinski definition) is 11. The Balaban J connectivity index is 1.39. The lowest BCUT2D eigenvalue weighted by Gasteiger charge is -2.37.